The van der Waals surface area contributed by atoms with Crippen LogP contribution in [0, 0.1) is 5.92 Å². The van der Waals surface area contributed by atoms with Crippen LogP contribution in [0.3, 0.4) is 0 Å². The number of aromatic nitrogens is 3. The van der Waals surface area contributed by atoms with Crippen molar-refractivity contribution in [1.29, 1.82) is 0 Å². The molecule has 0 amide bonds. The van der Waals surface area contributed by atoms with Gasteiger partial charge in [0.05, 0.1) is 6.54 Å². The van der Waals surface area contributed by atoms with Gasteiger partial charge < -0.3 is 9.88 Å². The van der Waals surface area contributed by atoms with Gasteiger partial charge in [0.15, 0.2) is 0 Å². The average molecular weight is 234 g/mol. The lowest BCUT2D eigenvalue weighted by Gasteiger charge is -2.14. The SMILES string of the molecule is C1CCn2c(nnc2CNCCCC2CC2)C1. The first kappa shape index (κ1) is 11.2. The highest BCUT2D eigenvalue weighted by Gasteiger charge is 2.20. The summed E-state index contributed by atoms with van der Waals surface area (Å²) >= 11 is 0. The van der Waals surface area contributed by atoms with Gasteiger partial charge in [-0.3, -0.25) is 0 Å². The van der Waals surface area contributed by atoms with Gasteiger partial charge in [-0.25, -0.2) is 0 Å². The van der Waals surface area contributed by atoms with E-state index in [0.29, 0.717) is 0 Å². The number of nitrogens with zero attached hydrogens (tertiary/aromatic N) is 3. The fourth-order valence-corrected chi connectivity index (χ4v) is 2.62. The molecule has 1 aliphatic heterocycles. The highest BCUT2D eigenvalue weighted by atomic mass is 15.3. The third-order valence-electron chi connectivity index (χ3n) is 3.88. The number of hydrogen-bond donors (Lipinski definition) is 1. The fraction of sp³-hybridized carbons (Fsp3) is 0.846. The quantitative estimate of drug-likeness (QED) is 0.764. The smallest absolute Gasteiger partial charge is 0.147 e. The number of rotatable bonds is 6. The van der Waals surface area contributed by atoms with E-state index >= 15 is 0 Å². The van der Waals surface area contributed by atoms with Crippen molar-refractivity contribution < 1.29 is 0 Å². The van der Waals surface area contributed by atoms with E-state index in [2.05, 4.69) is 20.1 Å². The van der Waals surface area contributed by atoms with E-state index in [9.17, 15) is 0 Å². The van der Waals surface area contributed by atoms with Crippen molar-refractivity contribution in [3.8, 4) is 0 Å². The zero-order valence-electron chi connectivity index (χ0n) is 10.5. The largest absolute Gasteiger partial charge is 0.314 e. The molecule has 0 spiro atoms. The van der Waals surface area contributed by atoms with Gasteiger partial charge in [0.25, 0.3) is 0 Å². The normalized spacial score (nSPS) is 19.3. The minimum absolute atomic E-state index is 0.887. The molecule has 1 aromatic rings. The molecule has 94 valence electrons. The first-order valence-corrected chi connectivity index (χ1v) is 7.05. The third-order valence-corrected chi connectivity index (χ3v) is 3.88. The topological polar surface area (TPSA) is 42.7 Å². The van der Waals surface area contributed by atoms with Gasteiger partial charge in [-0.1, -0.05) is 12.8 Å². The molecule has 0 saturated heterocycles. The van der Waals surface area contributed by atoms with E-state index in [4.69, 9.17) is 0 Å². The van der Waals surface area contributed by atoms with Crippen molar-refractivity contribution in [2.75, 3.05) is 6.54 Å². The van der Waals surface area contributed by atoms with E-state index in [0.717, 1.165) is 37.8 Å². The summed E-state index contributed by atoms with van der Waals surface area (Å²) in [6.45, 7) is 3.12. The van der Waals surface area contributed by atoms with Crippen molar-refractivity contribution >= 4 is 0 Å². The zero-order valence-corrected chi connectivity index (χ0v) is 10.5. The van der Waals surface area contributed by atoms with Crippen molar-refractivity contribution in [1.82, 2.24) is 20.1 Å². The van der Waals surface area contributed by atoms with Gasteiger partial charge in [-0.05, 0) is 38.1 Å². The lowest BCUT2D eigenvalue weighted by atomic mass is 10.2. The Kier molecular flexibility index (Phi) is 3.41. The Bertz CT molecular complexity index is 367. The number of hydrogen-bond acceptors (Lipinski definition) is 3. The Morgan fingerprint density at radius 2 is 2.18 bits per heavy atom. The Labute approximate surface area is 103 Å². The number of fused-ring (bicyclic) bond motifs is 1. The van der Waals surface area contributed by atoms with Crippen LogP contribution < -0.4 is 5.32 Å². The second-order valence-electron chi connectivity index (χ2n) is 5.40. The third kappa shape index (κ3) is 2.86. The number of aryl methyl sites for hydroxylation is 1. The number of nitrogens with one attached hydrogen (secondary N) is 1. The monoisotopic (exact) mass is 234 g/mol. The van der Waals surface area contributed by atoms with Crippen LogP contribution in [0.5, 0.6) is 0 Å². The summed E-state index contributed by atoms with van der Waals surface area (Å²) in [5.74, 6) is 3.37. The minimum atomic E-state index is 0.887. The van der Waals surface area contributed by atoms with E-state index in [1.807, 2.05) is 0 Å². The van der Waals surface area contributed by atoms with Crippen LogP contribution >= 0.6 is 0 Å². The molecule has 0 atom stereocenters. The Balaban J connectivity index is 1.42. The summed E-state index contributed by atoms with van der Waals surface area (Å²) in [5, 5.41) is 12.1. The summed E-state index contributed by atoms with van der Waals surface area (Å²) in [6.07, 6.45) is 9.31. The summed E-state index contributed by atoms with van der Waals surface area (Å²) < 4.78 is 2.30. The van der Waals surface area contributed by atoms with Gasteiger partial charge in [0.2, 0.25) is 0 Å². The molecular weight excluding hydrogens is 212 g/mol. The molecule has 1 fully saturated rings. The Morgan fingerprint density at radius 3 is 3.06 bits per heavy atom. The van der Waals surface area contributed by atoms with E-state index in [1.54, 1.807) is 0 Å². The predicted octanol–water partition coefficient (Wildman–Crippen LogP) is 1.89. The van der Waals surface area contributed by atoms with Gasteiger partial charge in [-0.2, -0.15) is 0 Å². The van der Waals surface area contributed by atoms with Crippen LogP contribution in [0.4, 0.5) is 0 Å². The van der Waals surface area contributed by atoms with Crippen LogP contribution in [0.1, 0.15) is 50.2 Å². The molecule has 0 bridgehead atoms. The van der Waals surface area contributed by atoms with E-state index in [1.165, 1.54) is 44.3 Å². The molecule has 4 nitrogen and oxygen atoms in total. The summed E-state index contributed by atoms with van der Waals surface area (Å²) in [5.41, 5.74) is 0. The van der Waals surface area contributed by atoms with Crippen LogP contribution in [0.2, 0.25) is 0 Å². The molecule has 3 rings (SSSR count). The van der Waals surface area contributed by atoms with Gasteiger partial charge in [0, 0.05) is 13.0 Å². The molecular formula is C13H22N4. The maximum Gasteiger partial charge on any atom is 0.147 e. The molecule has 0 radical (unpaired) electrons. The predicted molar refractivity (Wildman–Crippen MR) is 66.6 cm³/mol. The van der Waals surface area contributed by atoms with Crippen LogP contribution in [0.15, 0.2) is 0 Å². The molecule has 2 heterocycles. The van der Waals surface area contributed by atoms with Crippen molar-refractivity contribution in [3.63, 3.8) is 0 Å². The molecule has 0 aromatic carbocycles. The van der Waals surface area contributed by atoms with Crippen molar-refractivity contribution in [2.24, 2.45) is 5.92 Å². The minimum Gasteiger partial charge on any atom is -0.314 e. The van der Waals surface area contributed by atoms with Crippen LogP contribution in [0.25, 0.3) is 0 Å². The standard InChI is InChI=1S/C13H22N4/c1-2-9-17-12(5-1)15-16-13(17)10-14-8-3-4-11-6-7-11/h11,14H,1-10H2. The molecule has 1 N–H and O–H groups in total. The second-order valence-corrected chi connectivity index (χ2v) is 5.40. The lowest BCUT2D eigenvalue weighted by Crippen LogP contribution is -2.20. The highest BCUT2D eigenvalue weighted by molar-refractivity contribution is 4.98. The van der Waals surface area contributed by atoms with Gasteiger partial charge >= 0.3 is 0 Å². The highest BCUT2D eigenvalue weighted by Crippen LogP contribution is 2.33. The van der Waals surface area contributed by atoms with Gasteiger partial charge in [0.1, 0.15) is 11.6 Å². The molecule has 1 saturated carbocycles. The average Bonchev–Trinajstić information content (AvgIpc) is 3.09. The summed E-state index contributed by atoms with van der Waals surface area (Å²) in [6, 6.07) is 0. The first-order chi connectivity index (χ1) is 8.43. The fourth-order valence-electron chi connectivity index (χ4n) is 2.62. The first-order valence-electron chi connectivity index (χ1n) is 7.05. The van der Waals surface area contributed by atoms with Crippen LogP contribution in [-0.4, -0.2) is 21.3 Å². The maximum absolute atomic E-state index is 4.29. The van der Waals surface area contributed by atoms with Crippen molar-refractivity contribution in [3.05, 3.63) is 11.6 Å². The molecule has 1 aliphatic carbocycles. The zero-order chi connectivity index (χ0) is 11.5. The second kappa shape index (κ2) is 5.17. The van der Waals surface area contributed by atoms with E-state index in [-0.39, 0.29) is 0 Å². The van der Waals surface area contributed by atoms with Crippen molar-refractivity contribution in [2.45, 2.75) is 58.0 Å². The van der Waals surface area contributed by atoms with E-state index < -0.39 is 0 Å². The van der Waals surface area contributed by atoms with Crippen LogP contribution in [-0.2, 0) is 19.5 Å². The molecule has 0 unspecified atom stereocenters. The molecule has 1 aromatic heterocycles. The summed E-state index contributed by atoms with van der Waals surface area (Å²) in [7, 11) is 0. The lowest BCUT2D eigenvalue weighted by molar-refractivity contribution is 0.494. The molecule has 4 heteroatoms. The molecule has 2 aliphatic rings. The Morgan fingerprint density at radius 1 is 1.24 bits per heavy atom. The van der Waals surface area contributed by atoms with Gasteiger partial charge in [-0.15, -0.1) is 10.2 Å². The summed E-state index contributed by atoms with van der Waals surface area (Å²) in [4.78, 5) is 0. The Hall–Kier alpha value is -0.900. The maximum atomic E-state index is 4.29. The molecule has 17 heavy (non-hydrogen) atoms.